The third-order valence-electron chi connectivity index (χ3n) is 2.68. The number of nitrogens with zero attached hydrogens (tertiary/aromatic N) is 1. The average Bonchev–Trinajstić information content (AvgIpc) is 2.11. The number of hydrogen-bond donors (Lipinski definition) is 0. The maximum atomic E-state index is 8.46. The minimum atomic E-state index is -1.75. The molecule has 0 radical (unpaired) electrons. The number of hydrogen-bond acceptors (Lipinski definition) is 2. The van der Waals surface area contributed by atoms with Crippen LogP contribution in [-0.4, -0.2) is 46.1 Å². The summed E-state index contributed by atoms with van der Waals surface area (Å²) in [6.07, 6.45) is 0. The summed E-state index contributed by atoms with van der Waals surface area (Å²) in [5, 5.41) is 0. The van der Waals surface area contributed by atoms with Gasteiger partial charge in [-0.1, -0.05) is 0 Å². The van der Waals surface area contributed by atoms with Gasteiger partial charge in [-0.05, 0) is 27.7 Å². The first kappa shape index (κ1) is 14.6. The third kappa shape index (κ3) is 5.71. The van der Waals surface area contributed by atoms with Crippen molar-refractivity contribution in [1.82, 2.24) is 0 Å². The van der Waals surface area contributed by atoms with Crippen LogP contribution in [0.15, 0.2) is 0 Å². The molecule has 0 rings (SSSR count). The third-order valence-corrected chi connectivity index (χ3v) is 2.68. The molecular formula is C8H20AlNO2. The summed E-state index contributed by atoms with van der Waals surface area (Å²) in [6, 6.07) is 0. The van der Waals surface area contributed by atoms with Gasteiger partial charge < -0.3 is 4.48 Å². The Morgan fingerprint density at radius 2 is 1.17 bits per heavy atom. The molecule has 0 fully saturated rings. The van der Waals surface area contributed by atoms with Crippen LogP contribution in [0, 0.1) is 0 Å². The van der Waals surface area contributed by atoms with E-state index in [1.807, 2.05) is 0 Å². The van der Waals surface area contributed by atoms with Crippen molar-refractivity contribution in [3.8, 4) is 0 Å². The van der Waals surface area contributed by atoms with E-state index in [1.165, 1.54) is 30.7 Å². The van der Waals surface area contributed by atoms with E-state index in [4.69, 9.17) is 7.96 Å². The van der Waals surface area contributed by atoms with Gasteiger partial charge in [0.25, 0.3) is 0 Å². The molecule has 0 aromatic carbocycles. The summed E-state index contributed by atoms with van der Waals surface area (Å²) in [5.41, 5.74) is 0. The SMILES string of the molecule is CC[N+](CC)(CC)CC.[O]=[Al][O-]. The van der Waals surface area contributed by atoms with Crippen LogP contribution in [-0.2, 0) is 3.80 Å². The summed E-state index contributed by atoms with van der Waals surface area (Å²) >= 11 is -1.75. The molecule has 0 unspecified atom stereocenters. The van der Waals surface area contributed by atoms with Crippen LogP contribution >= 0.6 is 0 Å². The molecule has 0 saturated heterocycles. The van der Waals surface area contributed by atoms with Gasteiger partial charge in [-0.2, -0.15) is 0 Å². The first-order valence-electron chi connectivity index (χ1n) is 4.56. The monoisotopic (exact) mass is 189 g/mol. The minimum absolute atomic E-state index is 1.28. The van der Waals surface area contributed by atoms with Gasteiger partial charge in [-0.3, -0.25) is 0 Å². The predicted octanol–water partition coefficient (Wildman–Crippen LogP) is 0.194. The summed E-state index contributed by atoms with van der Waals surface area (Å²) < 4.78 is 18.2. The van der Waals surface area contributed by atoms with Crippen LogP contribution < -0.4 is 4.16 Å². The second-order valence-electron chi connectivity index (χ2n) is 2.70. The van der Waals surface area contributed by atoms with E-state index in [-0.39, 0.29) is 0 Å². The van der Waals surface area contributed by atoms with Gasteiger partial charge in [0, 0.05) is 0 Å². The fourth-order valence-corrected chi connectivity index (χ4v) is 1.34. The fraction of sp³-hybridized carbons (Fsp3) is 1.00. The molecular weight excluding hydrogens is 169 g/mol. The molecule has 0 aromatic rings. The Balaban J connectivity index is 0. The van der Waals surface area contributed by atoms with Crippen molar-refractivity contribution in [3.05, 3.63) is 0 Å². The van der Waals surface area contributed by atoms with Gasteiger partial charge in [0.15, 0.2) is 0 Å². The van der Waals surface area contributed by atoms with Gasteiger partial charge in [-0.15, -0.1) is 0 Å². The number of rotatable bonds is 4. The Bertz CT molecular complexity index is 87.7. The molecule has 0 spiro atoms. The van der Waals surface area contributed by atoms with Crippen molar-refractivity contribution in [3.63, 3.8) is 0 Å². The van der Waals surface area contributed by atoms with Crippen LogP contribution in [0.4, 0.5) is 0 Å². The van der Waals surface area contributed by atoms with E-state index in [0.717, 1.165) is 0 Å². The summed E-state index contributed by atoms with van der Waals surface area (Å²) in [5.74, 6) is 0. The van der Waals surface area contributed by atoms with E-state index in [2.05, 4.69) is 27.7 Å². The molecule has 72 valence electrons. The topological polar surface area (TPSA) is 40.1 Å². The molecule has 12 heavy (non-hydrogen) atoms. The Morgan fingerprint density at radius 3 is 1.17 bits per heavy atom. The molecule has 0 aromatic heterocycles. The van der Waals surface area contributed by atoms with Crippen LogP contribution in [0.3, 0.4) is 0 Å². The molecule has 0 atom stereocenters. The summed E-state index contributed by atoms with van der Waals surface area (Å²) in [6.45, 7) is 14.2. The molecule has 0 amide bonds. The normalized spacial score (nSPS) is 9.67. The molecule has 4 heteroatoms. The van der Waals surface area contributed by atoms with E-state index in [0.29, 0.717) is 0 Å². The van der Waals surface area contributed by atoms with Gasteiger partial charge in [0.1, 0.15) is 0 Å². The molecule has 0 N–H and O–H groups in total. The van der Waals surface area contributed by atoms with Crippen LogP contribution in [0.1, 0.15) is 27.7 Å². The Hall–Kier alpha value is 0.0925. The van der Waals surface area contributed by atoms with E-state index in [1.54, 1.807) is 0 Å². The van der Waals surface area contributed by atoms with Crippen LogP contribution in [0.2, 0.25) is 0 Å². The van der Waals surface area contributed by atoms with Gasteiger partial charge >= 0.3 is 23.4 Å². The molecule has 0 aliphatic rings. The van der Waals surface area contributed by atoms with Crippen molar-refractivity contribution in [2.24, 2.45) is 0 Å². The van der Waals surface area contributed by atoms with Crippen molar-refractivity contribution in [2.75, 3.05) is 26.2 Å². The Labute approximate surface area is 82.2 Å². The Morgan fingerprint density at radius 1 is 1.00 bits per heavy atom. The van der Waals surface area contributed by atoms with Gasteiger partial charge in [0.05, 0.1) is 26.2 Å². The molecule has 0 heterocycles. The Kier molecular flexibility index (Phi) is 11.2. The summed E-state index contributed by atoms with van der Waals surface area (Å²) in [4.78, 5) is 0. The predicted molar refractivity (Wildman–Crippen MR) is 48.9 cm³/mol. The second-order valence-corrected chi connectivity index (χ2v) is 2.90. The molecule has 3 nitrogen and oxygen atoms in total. The standard InChI is InChI=1S/C8H20N.Al.2O/c1-5-9(6-2,7-3)8-4;;;/h5-8H2,1-4H3;;;/q+1;;;-1. The number of quaternary nitrogens is 1. The van der Waals surface area contributed by atoms with Crippen LogP contribution in [0.5, 0.6) is 0 Å². The first-order chi connectivity index (χ1) is 5.66. The quantitative estimate of drug-likeness (QED) is 0.468. The van der Waals surface area contributed by atoms with Crippen molar-refractivity contribution in [2.45, 2.75) is 27.7 Å². The first-order valence-corrected chi connectivity index (χ1v) is 5.51. The average molecular weight is 189 g/mol. The molecule has 0 aliphatic carbocycles. The van der Waals surface area contributed by atoms with E-state index in [9.17, 15) is 0 Å². The molecule has 0 aliphatic heterocycles. The molecule has 0 bridgehead atoms. The summed E-state index contributed by atoms with van der Waals surface area (Å²) in [7, 11) is 0. The van der Waals surface area contributed by atoms with Crippen LogP contribution in [0.25, 0.3) is 0 Å². The van der Waals surface area contributed by atoms with Crippen molar-refractivity contribution < 1.29 is 12.4 Å². The zero-order chi connectivity index (χ0) is 10.0. The zero-order valence-electron chi connectivity index (χ0n) is 8.67. The van der Waals surface area contributed by atoms with E-state index >= 15 is 0 Å². The fourth-order valence-electron chi connectivity index (χ4n) is 1.34. The van der Waals surface area contributed by atoms with E-state index < -0.39 is 15.5 Å². The van der Waals surface area contributed by atoms with Crippen molar-refractivity contribution in [1.29, 1.82) is 0 Å². The maximum absolute atomic E-state index is 8.46. The van der Waals surface area contributed by atoms with Gasteiger partial charge in [0.2, 0.25) is 0 Å². The molecule has 0 saturated carbocycles. The second kappa shape index (κ2) is 9.18. The van der Waals surface area contributed by atoms with Gasteiger partial charge in [-0.25, -0.2) is 0 Å². The van der Waals surface area contributed by atoms with Crippen molar-refractivity contribution >= 4 is 15.5 Å². The zero-order valence-corrected chi connectivity index (χ0v) is 9.82.